The van der Waals surface area contributed by atoms with Crippen LogP contribution in [0.4, 0.5) is 11.4 Å². The van der Waals surface area contributed by atoms with Crippen molar-refractivity contribution in [3.8, 4) is 0 Å². The van der Waals surface area contributed by atoms with Crippen LogP contribution in [-0.2, 0) is 19.2 Å². The number of nitrogens with zero attached hydrogens (tertiary/aromatic N) is 2. The summed E-state index contributed by atoms with van der Waals surface area (Å²) in [6.45, 7) is 0. The van der Waals surface area contributed by atoms with Gasteiger partial charge in [-0.15, -0.1) is 0 Å². The van der Waals surface area contributed by atoms with Crippen molar-refractivity contribution in [2.45, 2.75) is 18.9 Å². The van der Waals surface area contributed by atoms with Gasteiger partial charge in [0.05, 0.1) is 4.92 Å². The van der Waals surface area contributed by atoms with Gasteiger partial charge in [0.1, 0.15) is 0 Å². The van der Waals surface area contributed by atoms with Gasteiger partial charge in [0, 0.05) is 30.7 Å². The first-order valence-corrected chi connectivity index (χ1v) is 6.22. The zero-order valence-electron chi connectivity index (χ0n) is 11.1. The molecule has 1 radical (unpaired) electrons. The predicted octanol–water partition coefficient (Wildman–Crippen LogP) is 0.161. The Bertz CT molecular complexity index is 638. The highest BCUT2D eigenvalue weighted by molar-refractivity contribution is 6.13. The quantitative estimate of drug-likeness (QED) is 0.357. The Hall–Kier alpha value is -3.10. The highest BCUT2D eigenvalue weighted by Crippen LogP contribution is 2.18. The molecule has 0 unspecified atom stereocenters. The SMILES string of the molecule is O=[C][C@H](C(=O)Nc1ccc([N+](=O)[O-])cc1)N1C(=O)CCC1=O. The minimum absolute atomic E-state index is 0.0537. The van der Waals surface area contributed by atoms with Crippen molar-refractivity contribution in [1.29, 1.82) is 0 Å². The van der Waals surface area contributed by atoms with Crippen molar-refractivity contribution in [2.24, 2.45) is 0 Å². The molecule has 1 heterocycles. The number of nitro benzene ring substituents is 1. The molecule has 1 atom stereocenters. The van der Waals surface area contributed by atoms with Crippen molar-refractivity contribution in [3.63, 3.8) is 0 Å². The Morgan fingerprint density at radius 1 is 1.23 bits per heavy atom. The molecule has 1 saturated heterocycles. The standard InChI is InChI=1S/C13H10N3O6/c17-7-10(15-11(18)5-6-12(15)19)13(20)14-8-1-3-9(4-2-8)16(21)22/h1-4,10H,5-6H2,(H,14,20)/t10-/m1/s1. The fraction of sp³-hybridized carbons (Fsp3) is 0.231. The lowest BCUT2D eigenvalue weighted by Crippen LogP contribution is -2.47. The van der Waals surface area contributed by atoms with E-state index in [0.717, 1.165) is 0 Å². The third-order valence-electron chi connectivity index (χ3n) is 3.05. The van der Waals surface area contributed by atoms with E-state index in [-0.39, 0.29) is 24.2 Å². The van der Waals surface area contributed by atoms with Crippen LogP contribution < -0.4 is 5.32 Å². The number of non-ortho nitro benzene ring substituents is 1. The van der Waals surface area contributed by atoms with E-state index in [1.807, 2.05) is 0 Å². The van der Waals surface area contributed by atoms with Crippen LogP contribution in [0.5, 0.6) is 0 Å². The molecular formula is C13H10N3O6. The number of benzene rings is 1. The summed E-state index contributed by atoms with van der Waals surface area (Å²) in [5, 5.41) is 12.8. The zero-order chi connectivity index (χ0) is 16.3. The van der Waals surface area contributed by atoms with Crippen LogP contribution in [0, 0.1) is 10.1 Å². The van der Waals surface area contributed by atoms with Crippen LogP contribution in [0.2, 0.25) is 0 Å². The maximum atomic E-state index is 12.0. The predicted molar refractivity (Wildman–Crippen MR) is 72.3 cm³/mol. The fourth-order valence-corrected chi connectivity index (χ4v) is 1.98. The second-order valence-corrected chi connectivity index (χ2v) is 4.47. The van der Waals surface area contributed by atoms with Gasteiger partial charge in [-0.05, 0) is 12.1 Å². The molecule has 1 aromatic rings. The van der Waals surface area contributed by atoms with Crippen LogP contribution >= 0.6 is 0 Å². The number of hydrogen-bond donors (Lipinski definition) is 1. The molecule has 0 aromatic heterocycles. The average Bonchev–Trinajstić information content (AvgIpc) is 2.81. The first-order chi connectivity index (χ1) is 10.4. The summed E-state index contributed by atoms with van der Waals surface area (Å²) in [6.07, 6.45) is 1.26. The molecule has 1 N–H and O–H groups in total. The van der Waals surface area contributed by atoms with Gasteiger partial charge in [0.15, 0.2) is 6.04 Å². The summed E-state index contributed by atoms with van der Waals surface area (Å²) >= 11 is 0. The summed E-state index contributed by atoms with van der Waals surface area (Å²) in [7, 11) is 0. The Morgan fingerprint density at radius 2 is 1.77 bits per heavy atom. The molecule has 1 aliphatic heterocycles. The molecule has 3 amide bonds. The zero-order valence-corrected chi connectivity index (χ0v) is 11.1. The van der Waals surface area contributed by atoms with Crippen LogP contribution in [0.15, 0.2) is 24.3 Å². The van der Waals surface area contributed by atoms with Crippen molar-refractivity contribution in [2.75, 3.05) is 5.32 Å². The van der Waals surface area contributed by atoms with Crippen molar-refractivity contribution >= 4 is 35.4 Å². The minimum Gasteiger partial charge on any atom is -0.324 e. The smallest absolute Gasteiger partial charge is 0.269 e. The normalized spacial score (nSPS) is 15.5. The number of rotatable bonds is 5. The molecule has 22 heavy (non-hydrogen) atoms. The average molecular weight is 304 g/mol. The summed E-state index contributed by atoms with van der Waals surface area (Å²) in [6, 6.07) is 3.21. The van der Waals surface area contributed by atoms with Gasteiger partial charge in [0.25, 0.3) is 11.6 Å². The number of nitro groups is 1. The lowest BCUT2D eigenvalue weighted by atomic mass is 10.2. The number of imide groups is 1. The second kappa shape index (κ2) is 6.12. The minimum atomic E-state index is -1.67. The van der Waals surface area contributed by atoms with Gasteiger partial charge in [-0.2, -0.15) is 0 Å². The maximum absolute atomic E-state index is 12.0. The van der Waals surface area contributed by atoms with Crippen LogP contribution in [0.25, 0.3) is 0 Å². The molecule has 0 saturated carbocycles. The molecule has 1 aliphatic rings. The van der Waals surface area contributed by atoms with Gasteiger partial charge in [-0.1, -0.05) is 0 Å². The molecule has 1 fully saturated rings. The Balaban J connectivity index is 2.12. The van der Waals surface area contributed by atoms with Crippen LogP contribution in [0.3, 0.4) is 0 Å². The Kier molecular flexibility index (Phi) is 4.25. The van der Waals surface area contributed by atoms with E-state index in [1.54, 1.807) is 0 Å². The third-order valence-corrected chi connectivity index (χ3v) is 3.05. The van der Waals surface area contributed by atoms with Crippen LogP contribution in [-0.4, -0.2) is 39.9 Å². The van der Waals surface area contributed by atoms with Gasteiger partial charge in [0.2, 0.25) is 18.1 Å². The summed E-state index contributed by atoms with van der Waals surface area (Å²) in [5.74, 6) is -2.14. The molecule has 0 spiro atoms. The molecule has 0 bridgehead atoms. The van der Waals surface area contributed by atoms with Gasteiger partial charge < -0.3 is 5.32 Å². The van der Waals surface area contributed by atoms with E-state index >= 15 is 0 Å². The molecule has 0 aliphatic carbocycles. The highest BCUT2D eigenvalue weighted by Gasteiger charge is 2.39. The third kappa shape index (κ3) is 2.97. The summed E-state index contributed by atoms with van der Waals surface area (Å²) in [5.41, 5.74) is 0.0244. The lowest BCUT2D eigenvalue weighted by Gasteiger charge is -2.19. The van der Waals surface area contributed by atoms with Gasteiger partial charge >= 0.3 is 0 Å². The molecule has 2 rings (SSSR count). The largest absolute Gasteiger partial charge is 0.324 e. The van der Waals surface area contributed by atoms with Crippen molar-refractivity contribution < 1.29 is 24.1 Å². The molecule has 113 valence electrons. The lowest BCUT2D eigenvalue weighted by molar-refractivity contribution is -0.384. The fourth-order valence-electron chi connectivity index (χ4n) is 1.98. The molecular weight excluding hydrogens is 294 g/mol. The Morgan fingerprint density at radius 3 is 2.23 bits per heavy atom. The summed E-state index contributed by atoms with van der Waals surface area (Å²) < 4.78 is 0. The number of anilines is 1. The van der Waals surface area contributed by atoms with Gasteiger partial charge in [-0.25, -0.2) is 0 Å². The Labute approximate surface area is 124 Å². The monoisotopic (exact) mass is 304 g/mol. The summed E-state index contributed by atoms with van der Waals surface area (Å²) in [4.78, 5) is 56.5. The van der Waals surface area contributed by atoms with E-state index in [9.17, 15) is 29.3 Å². The van der Waals surface area contributed by atoms with Crippen LogP contribution in [0.1, 0.15) is 12.8 Å². The van der Waals surface area contributed by atoms with Crippen molar-refractivity contribution in [1.82, 2.24) is 4.90 Å². The van der Waals surface area contributed by atoms with E-state index in [4.69, 9.17) is 0 Å². The molecule has 9 heteroatoms. The maximum Gasteiger partial charge on any atom is 0.269 e. The first kappa shape index (κ1) is 15.3. The highest BCUT2D eigenvalue weighted by atomic mass is 16.6. The van der Waals surface area contributed by atoms with E-state index in [0.29, 0.717) is 4.90 Å². The topological polar surface area (TPSA) is 127 Å². The van der Waals surface area contributed by atoms with Crippen molar-refractivity contribution in [3.05, 3.63) is 34.4 Å². The van der Waals surface area contributed by atoms with E-state index < -0.39 is 28.7 Å². The first-order valence-electron chi connectivity index (χ1n) is 6.22. The number of nitrogens with one attached hydrogen (secondary N) is 1. The number of likely N-dealkylation sites (tertiary alicyclic amines) is 1. The number of carbonyl (C=O) groups is 3. The van der Waals surface area contributed by atoms with Gasteiger partial charge in [-0.3, -0.25) is 34.2 Å². The number of carbonyl (C=O) groups excluding carboxylic acids is 4. The molecule has 9 nitrogen and oxygen atoms in total. The van der Waals surface area contributed by atoms with E-state index in [1.165, 1.54) is 30.6 Å². The molecule has 1 aromatic carbocycles. The van der Waals surface area contributed by atoms with E-state index in [2.05, 4.69) is 5.32 Å². The second-order valence-electron chi connectivity index (χ2n) is 4.47. The number of hydrogen-bond acceptors (Lipinski definition) is 6. The number of amides is 3.